The van der Waals surface area contributed by atoms with E-state index in [9.17, 15) is 38.7 Å². The Balaban J connectivity index is 0.638. The van der Waals surface area contributed by atoms with Crippen LogP contribution in [0.3, 0.4) is 0 Å². The van der Waals surface area contributed by atoms with Crippen molar-refractivity contribution >= 4 is 64.6 Å². The van der Waals surface area contributed by atoms with Crippen molar-refractivity contribution in [2.75, 3.05) is 83.3 Å². The fraction of sp³-hybridized carbons (Fsp3) is 0.557. The maximum atomic E-state index is 18.0. The Bertz CT molecular complexity index is 3310. The minimum atomic E-state index is -2.36. The van der Waals surface area contributed by atoms with Crippen molar-refractivity contribution in [3.8, 4) is 11.5 Å². The predicted octanol–water partition coefficient (Wildman–Crippen LogP) is 7.51. The summed E-state index contributed by atoms with van der Waals surface area (Å²) in [5.74, 6) is -4.62. The second kappa shape index (κ2) is 30.9. The van der Waals surface area contributed by atoms with Gasteiger partial charge in [0.25, 0.3) is 0 Å². The molecule has 0 aromatic heterocycles. The van der Waals surface area contributed by atoms with Crippen LogP contribution in [0.2, 0.25) is 0 Å². The van der Waals surface area contributed by atoms with Gasteiger partial charge in [0.1, 0.15) is 36.4 Å². The Morgan fingerprint density at radius 1 is 0.785 bits per heavy atom. The molecule has 93 heavy (non-hydrogen) atoms. The van der Waals surface area contributed by atoms with E-state index in [0.29, 0.717) is 45.8 Å². The molecule has 12 atom stereocenters. The number of halogens is 2. The standard InChI is InChI=1S/C70H89F2N5O16/c1-8-13-63-92-59-39-50-51-38-53(71)52-36-48(78)24-26-67(52,5)69(51,72)57(79)40-68(50,6)70(59,93-63)58(80)42-91-49-20-21-54(56(37-49)86-7)75-65(84)44(4)74-66(85)64(43(2)3)76-61(82)25-28-87-30-32-89-34-35-90-33-31-88-29-27-73-60(81)22-23-62(83)77-41-47-16-10-9-14-45(47)18-19-46-15-11-12-17-55(46)77/h9-12,14-21,24,26,36-37,43-44,50-51,53,57,59,63-64,79H,8,13,22-23,25,27-35,38-42H2,1-7H3,(H,73,81)(H,74,85)(H,75,84)(H,76,82)/b19-18-/t44-,50-,51-,53-,57-,59+,63?,64-,67-,68-,69-,70+/m0/s1. The molecule has 3 aromatic carbocycles. The quantitative estimate of drug-likeness (QED) is 0.0390. The van der Waals surface area contributed by atoms with E-state index in [1.807, 2.05) is 61.5 Å². The third-order valence-corrected chi connectivity index (χ3v) is 19.3. The van der Waals surface area contributed by atoms with Crippen LogP contribution in [0.1, 0.15) is 110 Å². The Morgan fingerprint density at radius 3 is 2.17 bits per heavy atom. The van der Waals surface area contributed by atoms with Crippen molar-refractivity contribution in [3.05, 3.63) is 107 Å². The van der Waals surface area contributed by atoms with Gasteiger partial charge in [0.15, 0.2) is 23.3 Å². The highest BCUT2D eigenvalue weighted by molar-refractivity contribution is 6.02. The van der Waals surface area contributed by atoms with E-state index in [0.717, 1.165) is 28.5 Å². The Morgan fingerprint density at radius 2 is 1.46 bits per heavy atom. The molecule has 4 aliphatic carbocycles. The summed E-state index contributed by atoms with van der Waals surface area (Å²) in [6, 6.07) is 18.1. The normalized spacial score (nSPS) is 27.5. The number of methoxy groups -OCH3 is 1. The monoisotopic (exact) mass is 1290 g/mol. The molecule has 0 radical (unpaired) electrons. The number of ketones is 2. The number of Topliss-reactive ketones (excluding diaryl/α,β-unsaturated/α-hetero) is 1. The van der Waals surface area contributed by atoms with Gasteiger partial charge in [0, 0.05) is 48.6 Å². The molecule has 2 aliphatic heterocycles. The number of para-hydroxylation sites is 1. The first-order valence-corrected chi connectivity index (χ1v) is 32.4. The summed E-state index contributed by atoms with van der Waals surface area (Å²) < 4.78 is 81.2. The third-order valence-electron chi connectivity index (χ3n) is 19.3. The van der Waals surface area contributed by atoms with Gasteiger partial charge in [-0.1, -0.05) is 94.8 Å². The number of hydrogen-bond donors (Lipinski definition) is 5. The van der Waals surface area contributed by atoms with Crippen molar-refractivity contribution in [1.82, 2.24) is 16.0 Å². The third kappa shape index (κ3) is 15.1. The van der Waals surface area contributed by atoms with Crippen LogP contribution in [0.25, 0.3) is 12.2 Å². The molecule has 3 aromatic rings. The molecule has 21 nitrogen and oxygen atoms in total. The molecule has 504 valence electrons. The number of carbonyl (C=O) groups excluding carboxylic acids is 7. The Labute approximate surface area is 542 Å². The summed E-state index contributed by atoms with van der Waals surface area (Å²) >= 11 is 0. The smallest absolute Gasteiger partial charge is 0.246 e. The molecule has 9 rings (SSSR count). The SMILES string of the molecule is CCCC1O[C@@H]2C[C@H]3[C@@H]4C[C@H](F)C5=CC(=O)C=C[C@]5(C)[C@@]4(F)[C@@H](O)C[C@]3(C)[C@]2(C(=O)COc2ccc(NC(=O)[C@H](C)NC(=O)[C@@H](NC(=O)CCOCCOCCOCCOCCNC(=O)CCC(=O)N3Cc4ccccc4/C=C\c4ccccc43)C(C)C)c(OC)c2)O1. The second-order valence-electron chi connectivity index (χ2n) is 25.5. The lowest BCUT2D eigenvalue weighted by Gasteiger charge is -2.63. The van der Waals surface area contributed by atoms with Crippen LogP contribution in [-0.4, -0.2) is 167 Å². The van der Waals surface area contributed by atoms with E-state index in [1.54, 1.807) is 25.7 Å². The highest BCUT2D eigenvalue weighted by Gasteiger charge is 2.80. The van der Waals surface area contributed by atoms with Gasteiger partial charge in [-0.15, -0.1) is 0 Å². The van der Waals surface area contributed by atoms with Crippen LogP contribution in [0.5, 0.6) is 11.5 Å². The van der Waals surface area contributed by atoms with Crippen LogP contribution >= 0.6 is 0 Å². The lowest BCUT2D eigenvalue weighted by Crippen LogP contribution is -2.71. The number of aliphatic hydroxyl groups is 1. The molecule has 5 N–H and O–H groups in total. The molecule has 6 aliphatic rings. The molecule has 23 heteroatoms. The summed E-state index contributed by atoms with van der Waals surface area (Å²) in [5.41, 5.74) is -2.82. The number of alkyl halides is 2. The van der Waals surface area contributed by atoms with Crippen molar-refractivity contribution in [1.29, 1.82) is 0 Å². The topological polar surface area (TPSA) is 265 Å². The molecule has 1 saturated heterocycles. The molecule has 3 saturated carbocycles. The highest BCUT2D eigenvalue weighted by Crippen LogP contribution is 2.72. The minimum absolute atomic E-state index is 0.00385. The van der Waals surface area contributed by atoms with E-state index in [2.05, 4.69) is 27.3 Å². The van der Waals surface area contributed by atoms with Crippen molar-refractivity contribution in [3.63, 3.8) is 0 Å². The van der Waals surface area contributed by atoms with Gasteiger partial charge in [-0.3, -0.25) is 33.6 Å². The zero-order chi connectivity index (χ0) is 66.7. The number of nitrogens with zero attached hydrogens (tertiary/aromatic N) is 1. The zero-order valence-corrected chi connectivity index (χ0v) is 54.1. The number of aliphatic hydroxyl groups excluding tert-OH is 1. The van der Waals surface area contributed by atoms with Crippen molar-refractivity contribution in [2.24, 2.45) is 28.6 Å². The van der Waals surface area contributed by atoms with Crippen LogP contribution in [-0.2, 0) is 68.5 Å². The van der Waals surface area contributed by atoms with Crippen molar-refractivity contribution < 1.29 is 85.3 Å². The molecule has 2 heterocycles. The molecule has 1 unspecified atom stereocenters. The van der Waals surface area contributed by atoms with Gasteiger partial charge in [0.2, 0.25) is 35.3 Å². The Kier molecular flexibility index (Phi) is 23.3. The zero-order valence-electron chi connectivity index (χ0n) is 54.1. The molecular formula is C70H89F2N5O16. The van der Waals surface area contributed by atoms with E-state index in [4.69, 9.17) is 37.9 Å². The molecule has 0 bridgehead atoms. The number of benzene rings is 3. The number of nitrogens with one attached hydrogen (secondary N) is 4. The number of rotatable bonds is 31. The largest absolute Gasteiger partial charge is 0.494 e. The van der Waals surface area contributed by atoms with E-state index >= 15 is 8.78 Å². The first-order valence-electron chi connectivity index (χ1n) is 32.4. The number of ether oxygens (including phenoxy) is 8. The fourth-order valence-corrected chi connectivity index (χ4v) is 14.4. The number of anilines is 2. The fourth-order valence-electron chi connectivity index (χ4n) is 14.4. The Hall–Kier alpha value is -7.25. The van der Waals surface area contributed by atoms with Gasteiger partial charge < -0.3 is 69.2 Å². The van der Waals surface area contributed by atoms with Crippen molar-refractivity contribution in [2.45, 2.75) is 147 Å². The van der Waals surface area contributed by atoms with Gasteiger partial charge in [-0.05, 0) is 104 Å². The maximum absolute atomic E-state index is 18.0. The lowest BCUT2D eigenvalue weighted by atomic mass is 9.44. The number of hydrogen-bond acceptors (Lipinski definition) is 16. The molecular weight excluding hydrogens is 1200 g/mol. The van der Waals surface area contributed by atoms with Crippen LogP contribution in [0, 0.1) is 28.6 Å². The van der Waals surface area contributed by atoms with E-state index < -0.39 is 107 Å². The minimum Gasteiger partial charge on any atom is -0.494 e. The predicted molar refractivity (Wildman–Crippen MR) is 341 cm³/mol. The maximum Gasteiger partial charge on any atom is 0.246 e. The summed E-state index contributed by atoms with van der Waals surface area (Å²) in [4.78, 5) is 95.0. The average Bonchev–Trinajstić information content (AvgIpc) is 1.58. The second-order valence-corrected chi connectivity index (χ2v) is 25.5. The van der Waals surface area contributed by atoms with Gasteiger partial charge in [-0.2, -0.15) is 0 Å². The summed E-state index contributed by atoms with van der Waals surface area (Å²) in [6.07, 6.45) is 3.77. The number of fused-ring (bicyclic) bond motifs is 9. The van der Waals surface area contributed by atoms with Gasteiger partial charge >= 0.3 is 0 Å². The van der Waals surface area contributed by atoms with Crippen LogP contribution in [0.4, 0.5) is 20.2 Å². The lowest BCUT2D eigenvalue weighted by molar-refractivity contribution is -0.234. The first-order chi connectivity index (χ1) is 44.6. The molecule has 5 amide bonds. The van der Waals surface area contributed by atoms with Gasteiger partial charge in [-0.25, -0.2) is 8.78 Å². The van der Waals surface area contributed by atoms with E-state index in [-0.39, 0.29) is 112 Å². The summed E-state index contributed by atoms with van der Waals surface area (Å²) in [7, 11) is 1.38. The van der Waals surface area contributed by atoms with Crippen LogP contribution in [0.15, 0.2) is 90.5 Å². The summed E-state index contributed by atoms with van der Waals surface area (Å²) in [6.45, 7) is 12.5. The van der Waals surface area contributed by atoms with E-state index in [1.165, 1.54) is 51.3 Å². The highest BCUT2D eigenvalue weighted by atomic mass is 19.1. The first kappa shape index (κ1) is 70.1. The number of allylic oxidation sites excluding steroid dienone is 4. The summed E-state index contributed by atoms with van der Waals surface area (Å²) in [5, 5.41) is 23.0. The number of carbonyl (C=O) groups is 7. The van der Waals surface area contributed by atoms with Crippen LogP contribution < -0.4 is 35.6 Å². The number of amides is 5. The average molecular weight is 1290 g/mol. The van der Waals surface area contributed by atoms with Gasteiger partial charge in [0.05, 0.1) is 90.1 Å². The molecule has 4 fully saturated rings. The molecule has 0 spiro atoms.